The number of sulfonamides is 1. The molecule has 1 fully saturated rings. The highest BCUT2D eigenvalue weighted by atomic mass is 32.2. The fourth-order valence-electron chi connectivity index (χ4n) is 3.27. The quantitative estimate of drug-likeness (QED) is 0.749. The summed E-state index contributed by atoms with van der Waals surface area (Å²) in [7, 11) is -3.53. The van der Waals surface area contributed by atoms with Gasteiger partial charge >= 0.3 is 0 Å². The molecule has 0 spiro atoms. The second kappa shape index (κ2) is 9.39. The molecule has 7 nitrogen and oxygen atoms in total. The molecule has 2 aromatic rings. The largest absolute Gasteiger partial charge is 0.378 e. The van der Waals surface area contributed by atoms with Crippen molar-refractivity contribution in [1.29, 1.82) is 0 Å². The third-order valence-electron chi connectivity index (χ3n) is 4.96. The lowest BCUT2D eigenvalue weighted by Gasteiger charge is -2.28. The van der Waals surface area contributed by atoms with E-state index in [0.29, 0.717) is 24.3 Å². The van der Waals surface area contributed by atoms with Gasteiger partial charge in [-0.3, -0.25) is 4.79 Å². The second-order valence-electron chi connectivity index (χ2n) is 6.71. The molecule has 0 atom stereocenters. The van der Waals surface area contributed by atoms with Crippen LogP contribution in [0.15, 0.2) is 53.4 Å². The Morgan fingerprint density at radius 2 is 1.59 bits per heavy atom. The highest BCUT2D eigenvalue weighted by Gasteiger charge is 2.21. The minimum atomic E-state index is -3.53. The van der Waals surface area contributed by atoms with Gasteiger partial charge in [-0.25, -0.2) is 8.42 Å². The van der Waals surface area contributed by atoms with Crippen LogP contribution >= 0.6 is 0 Å². The Bertz CT molecular complexity index is 917. The monoisotopic (exact) mass is 417 g/mol. The topological polar surface area (TPSA) is 79.0 Å². The molecule has 1 amide bonds. The molecule has 1 aliphatic rings. The number of amides is 1. The number of benzene rings is 2. The van der Waals surface area contributed by atoms with Gasteiger partial charge in [0.25, 0.3) is 5.91 Å². The number of rotatable bonds is 7. The minimum absolute atomic E-state index is 0.188. The number of nitrogens with one attached hydrogen (secondary N) is 1. The van der Waals surface area contributed by atoms with E-state index in [-0.39, 0.29) is 10.8 Å². The molecule has 0 aromatic heterocycles. The van der Waals surface area contributed by atoms with Crippen molar-refractivity contribution in [2.75, 3.05) is 49.6 Å². The molecular formula is C21H27N3O4S. The van der Waals surface area contributed by atoms with E-state index in [9.17, 15) is 13.2 Å². The van der Waals surface area contributed by atoms with Crippen LogP contribution in [0.3, 0.4) is 0 Å². The summed E-state index contributed by atoms with van der Waals surface area (Å²) in [5.41, 5.74) is 2.19. The number of carbonyl (C=O) groups is 1. The van der Waals surface area contributed by atoms with Gasteiger partial charge in [-0.2, -0.15) is 4.31 Å². The van der Waals surface area contributed by atoms with Gasteiger partial charge in [0.1, 0.15) is 0 Å². The van der Waals surface area contributed by atoms with Crippen LogP contribution < -0.4 is 10.2 Å². The van der Waals surface area contributed by atoms with Crippen molar-refractivity contribution in [3.8, 4) is 0 Å². The molecule has 1 N–H and O–H groups in total. The van der Waals surface area contributed by atoms with Crippen LogP contribution in [0.2, 0.25) is 0 Å². The van der Waals surface area contributed by atoms with Gasteiger partial charge in [-0.15, -0.1) is 0 Å². The molecule has 8 heteroatoms. The third-order valence-corrected chi connectivity index (χ3v) is 7.03. The number of morpholine rings is 1. The minimum Gasteiger partial charge on any atom is -0.378 e. The Morgan fingerprint density at radius 3 is 2.14 bits per heavy atom. The molecule has 2 aromatic carbocycles. The maximum absolute atomic E-state index is 12.5. The van der Waals surface area contributed by atoms with Crippen LogP contribution in [0.1, 0.15) is 24.2 Å². The van der Waals surface area contributed by atoms with Crippen LogP contribution in [0.5, 0.6) is 0 Å². The average molecular weight is 418 g/mol. The maximum atomic E-state index is 12.5. The Kier molecular flexibility index (Phi) is 6.89. The van der Waals surface area contributed by atoms with E-state index in [4.69, 9.17) is 4.74 Å². The number of hydrogen-bond acceptors (Lipinski definition) is 5. The molecule has 0 aliphatic carbocycles. The molecule has 0 bridgehead atoms. The first-order valence-electron chi connectivity index (χ1n) is 9.80. The fourth-order valence-corrected chi connectivity index (χ4v) is 4.73. The van der Waals surface area contributed by atoms with Gasteiger partial charge < -0.3 is 15.0 Å². The summed E-state index contributed by atoms with van der Waals surface area (Å²) in [6.07, 6.45) is 0. The smallest absolute Gasteiger partial charge is 0.255 e. The molecule has 0 saturated carbocycles. The molecule has 29 heavy (non-hydrogen) atoms. The average Bonchev–Trinajstić information content (AvgIpc) is 2.75. The van der Waals surface area contributed by atoms with Crippen molar-refractivity contribution >= 4 is 27.3 Å². The lowest BCUT2D eigenvalue weighted by molar-refractivity contribution is 0.102. The number of ether oxygens (including phenoxy) is 1. The van der Waals surface area contributed by atoms with Crippen molar-refractivity contribution in [2.45, 2.75) is 18.7 Å². The van der Waals surface area contributed by atoms with Gasteiger partial charge in [0.15, 0.2) is 0 Å². The SMILES string of the molecule is CCN(CC)S(=O)(=O)c1ccc(C(=O)Nc2ccc(N3CCOCC3)cc2)cc1. The van der Waals surface area contributed by atoms with Crippen LogP contribution in [-0.2, 0) is 14.8 Å². The van der Waals surface area contributed by atoms with Crippen LogP contribution in [0.4, 0.5) is 11.4 Å². The number of carbonyl (C=O) groups excluding carboxylic acids is 1. The van der Waals surface area contributed by atoms with Crippen molar-refractivity contribution < 1.29 is 17.9 Å². The summed E-state index contributed by atoms with van der Waals surface area (Å²) in [6, 6.07) is 13.7. The Morgan fingerprint density at radius 1 is 1.00 bits per heavy atom. The summed E-state index contributed by atoms with van der Waals surface area (Å²) < 4.78 is 31.8. The van der Waals surface area contributed by atoms with Crippen molar-refractivity contribution in [3.05, 3.63) is 54.1 Å². The van der Waals surface area contributed by atoms with Crippen molar-refractivity contribution in [3.63, 3.8) is 0 Å². The Labute approximate surface area is 172 Å². The molecule has 3 rings (SSSR count). The first-order chi connectivity index (χ1) is 14.0. The highest BCUT2D eigenvalue weighted by molar-refractivity contribution is 7.89. The van der Waals surface area contributed by atoms with Gasteiger partial charge in [-0.1, -0.05) is 13.8 Å². The zero-order valence-electron chi connectivity index (χ0n) is 16.8. The van der Waals surface area contributed by atoms with Crippen molar-refractivity contribution in [2.24, 2.45) is 0 Å². The van der Waals surface area contributed by atoms with Gasteiger partial charge in [0.05, 0.1) is 18.1 Å². The predicted molar refractivity (Wildman–Crippen MR) is 114 cm³/mol. The van der Waals surface area contributed by atoms with Crippen molar-refractivity contribution in [1.82, 2.24) is 4.31 Å². The standard InChI is InChI=1S/C21H27N3O4S/c1-3-24(4-2)29(26,27)20-11-5-17(6-12-20)21(25)22-18-7-9-19(10-8-18)23-13-15-28-16-14-23/h5-12H,3-4,13-16H2,1-2H3,(H,22,25). The van der Waals surface area contributed by atoms with E-state index in [0.717, 1.165) is 32.0 Å². The number of hydrogen-bond donors (Lipinski definition) is 1. The van der Waals surface area contributed by atoms with Crippen LogP contribution in [0, 0.1) is 0 Å². The third kappa shape index (κ3) is 4.95. The van der Waals surface area contributed by atoms with E-state index in [1.165, 1.54) is 28.6 Å². The maximum Gasteiger partial charge on any atom is 0.255 e. The van der Waals surface area contributed by atoms with Gasteiger partial charge in [0.2, 0.25) is 10.0 Å². The molecule has 156 valence electrons. The van der Waals surface area contributed by atoms with E-state index >= 15 is 0 Å². The molecular weight excluding hydrogens is 390 g/mol. The molecule has 1 aliphatic heterocycles. The van der Waals surface area contributed by atoms with E-state index < -0.39 is 10.0 Å². The summed E-state index contributed by atoms with van der Waals surface area (Å²) in [5.74, 6) is -0.282. The van der Waals surface area contributed by atoms with Crippen LogP contribution in [-0.4, -0.2) is 58.0 Å². The molecule has 1 saturated heterocycles. The summed E-state index contributed by atoms with van der Waals surface area (Å²) in [6.45, 7) is 7.56. The Hall–Kier alpha value is -2.42. The molecule has 0 radical (unpaired) electrons. The molecule has 1 heterocycles. The van der Waals surface area contributed by atoms with E-state index in [1.807, 2.05) is 24.3 Å². The van der Waals surface area contributed by atoms with E-state index in [1.54, 1.807) is 13.8 Å². The first kappa shape index (κ1) is 21.3. The zero-order chi connectivity index (χ0) is 20.9. The summed E-state index contributed by atoms with van der Waals surface area (Å²) in [5, 5.41) is 2.85. The lowest BCUT2D eigenvalue weighted by Crippen LogP contribution is -2.36. The van der Waals surface area contributed by atoms with Gasteiger partial charge in [0, 0.05) is 43.1 Å². The normalized spacial score (nSPS) is 14.8. The summed E-state index contributed by atoms with van der Waals surface area (Å²) >= 11 is 0. The fraction of sp³-hybridized carbons (Fsp3) is 0.381. The predicted octanol–water partition coefficient (Wildman–Crippen LogP) is 2.81. The molecule has 0 unspecified atom stereocenters. The summed E-state index contributed by atoms with van der Waals surface area (Å²) in [4.78, 5) is 14.9. The lowest BCUT2D eigenvalue weighted by atomic mass is 10.2. The Balaban J connectivity index is 1.66. The zero-order valence-corrected chi connectivity index (χ0v) is 17.6. The highest BCUT2D eigenvalue weighted by Crippen LogP contribution is 2.20. The first-order valence-corrected chi connectivity index (χ1v) is 11.2. The number of nitrogens with zero attached hydrogens (tertiary/aromatic N) is 2. The van der Waals surface area contributed by atoms with Crippen LogP contribution in [0.25, 0.3) is 0 Å². The number of anilines is 2. The van der Waals surface area contributed by atoms with Gasteiger partial charge in [-0.05, 0) is 48.5 Å². The van der Waals surface area contributed by atoms with E-state index in [2.05, 4.69) is 10.2 Å². The second-order valence-corrected chi connectivity index (χ2v) is 8.65.